The minimum Gasteiger partial charge on any atom is -0.492 e. The number of aliphatic hydroxyl groups is 2. The van der Waals surface area contributed by atoms with Crippen molar-refractivity contribution in [2.75, 3.05) is 26.3 Å². The Hall–Kier alpha value is -3.15. The molecule has 0 spiro atoms. The SMILES string of the molecule is O[C@H]1CCN(Cc2cccc(OCCn3cncn3)c2)C[C@]1(O)COc1cc(F)c(F)c(F)c1. The Kier molecular flexibility index (Phi) is 7.35. The molecule has 4 rings (SSSR count). The number of nitrogens with zero attached hydrogens (tertiary/aromatic N) is 4. The van der Waals surface area contributed by atoms with Crippen molar-refractivity contribution < 1.29 is 32.9 Å². The summed E-state index contributed by atoms with van der Waals surface area (Å²) in [5.41, 5.74) is -0.730. The molecule has 1 aromatic heterocycles. The lowest BCUT2D eigenvalue weighted by Crippen LogP contribution is -2.59. The van der Waals surface area contributed by atoms with E-state index >= 15 is 0 Å². The van der Waals surface area contributed by atoms with Gasteiger partial charge in [-0.1, -0.05) is 12.1 Å². The quantitative estimate of drug-likeness (QED) is 0.456. The number of halogens is 3. The predicted molar refractivity (Wildman–Crippen MR) is 115 cm³/mol. The maximum absolute atomic E-state index is 13.4. The van der Waals surface area contributed by atoms with Crippen LogP contribution in [-0.2, 0) is 13.1 Å². The molecule has 1 saturated heterocycles. The van der Waals surface area contributed by atoms with E-state index in [0.717, 1.165) is 5.56 Å². The maximum atomic E-state index is 13.4. The normalized spacial score (nSPS) is 20.9. The Balaban J connectivity index is 1.34. The third-order valence-electron chi connectivity index (χ3n) is 5.64. The lowest BCUT2D eigenvalue weighted by Gasteiger charge is -2.42. The zero-order valence-electron chi connectivity index (χ0n) is 18.3. The average Bonchev–Trinajstić information content (AvgIpc) is 3.32. The number of likely N-dealkylation sites (tertiary alicyclic amines) is 1. The molecule has 3 aromatic rings. The van der Waals surface area contributed by atoms with Gasteiger partial charge in [-0.3, -0.25) is 4.90 Å². The number of aliphatic hydroxyl groups excluding tert-OH is 1. The summed E-state index contributed by atoms with van der Waals surface area (Å²) < 4.78 is 52.8. The number of piperidine rings is 1. The fourth-order valence-corrected chi connectivity index (χ4v) is 3.84. The lowest BCUT2D eigenvalue weighted by atomic mass is 9.90. The highest BCUT2D eigenvalue weighted by Crippen LogP contribution is 2.27. The van der Waals surface area contributed by atoms with E-state index in [2.05, 4.69) is 10.1 Å². The highest BCUT2D eigenvalue weighted by Gasteiger charge is 2.42. The van der Waals surface area contributed by atoms with Crippen molar-refractivity contribution >= 4 is 0 Å². The van der Waals surface area contributed by atoms with Gasteiger partial charge in [0.1, 0.15) is 43.0 Å². The van der Waals surface area contributed by atoms with E-state index in [1.165, 1.54) is 6.33 Å². The standard InChI is InChI=1S/C23H25F3N4O4/c24-19-9-18(10-20(25)22(19)26)34-13-23(32)12-29(5-4-21(23)31)11-16-2-1-3-17(8-16)33-7-6-30-15-27-14-28-30/h1-3,8-10,14-15,21,31-32H,4-7,11-13H2/t21-,23-/m0/s1. The zero-order valence-corrected chi connectivity index (χ0v) is 18.3. The summed E-state index contributed by atoms with van der Waals surface area (Å²) in [6, 6.07) is 8.93. The summed E-state index contributed by atoms with van der Waals surface area (Å²) in [5.74, 6) is -3.97. The van der Waals surface area contributed by atoms with Gasteiger partial charge in [-0.15, -0.1) is 0 Å². The second-order valence-corrected chi connectivity index (χ2v) is 8.26. The molecule has 2 heterocycles. The van der Waals surface area contributed by atoms with E-state index in [0.29, 0.717) is 44.1 Å². The molecule has 1 aliphatic rings. The summed E-state index contributed by atoms with van der Waals surface area (Å²) in [4.78, 5) is 5.82. The number of aromatic nitrogens is 3. The van der Waals surface area contributed by atoms with E-state index in [1.54, 1.807) is 11.0 Å². The molecule has 8 nitrogen and oxygen atoms in total. The number of benzene rings is 2. The van der Waals surface area contributed by atoms with Crippen molar-refractivity contribution in [1.82, 2.24) is 19.7 Å². The van der Waals surface area contributed by atoms with Gasteiger partial charge in [0.25, 0.3) is 0 Å². The van der Waals surface area contributed by atoms with E-state index in [4.69, 9.17) is 9.47 Å². The summed E-state index contributed by atoms with van der Waals surface area (Å²) in [6.07, 6.45) is 2.25. The van der Waals surface area contributed by atoms with Crippen LogP contribution < -0.4 is 9.47 Å². The van der Waals surface area contributed by atoms with Gasteiger partial charge in [-0.05, 0) is 24.1 Å². The maximum Gasteiger partial charge on any atom is 0.194 e. The van der Waals surface area contributed by atoms with Crippen molar-refractivity contribution in [3.05, 3.63) is 72.1 Å². The average molecular weight is 478 g/mol. The second kappa shape index (κ2) is 10.4. The molecule has 0 radical (unpaired) electrons. The summed E-state index contributed by atoms with van der Waals surface area (Å²) in [6.45, 7) is 1.64. The predicted octanol–water partition coefficient (Wildman–Crippen LogP) is 2.15. The topological polar surface area (TPSA) is 92.9 Å². The Labute approximate surface area is 194 Å². The Morgan fingerprint density at radius 1 is 1.09 bits per heavy atom. The van der Waals surface area contributed by atoms with Gasteiger partial charge < -0.3 is 19.7 Å². The van der Waals surface area contributed by atoms with Crippen molar-refractivity contribution in [2.24, 2.45) is 0 Å². The second-order valence-electron chi connectivity index (χ2n) is 8.26. The van der Waals surface area contributed by atoms with Crippen LogP contribution in [0.25, 0.3) is 0 Å². The van der Waals surface area contributed by atoms with Gasteiger partial charge in [0.05, 0.1) is 12.6 Å². The van der Waals surface area contributed by atoms with Crippen molar-refractivity contribution in [2.45, 2.75) is 31.2 Å². The number of rotatable bonds is 9. The number of β-amino-alcohol motifs (C(OH)–C–C–N with tert-alkyl or cyclic N) is 1. The molecular formula is C23H25F3N4O4. The molecule has 0 bridgehead atoms. The molecule has 0 saturated carbocycles. The Morgan fingerprint density at radius 2 is 1.88 bits per heavy atom. The molecule has 182 valence electrons. The van der Waals surface area contributed by atoms with Crippen LogP contribution >= 0.6 is 0 Å². The van der Waals surface area contributed by atoms with Gasteiger partial charge in [0, 0.05) is 31.8 Å². The number of hydrogen-bond donors (Lipinski definition) is 2. The lowest BCUT2D eigenvalue weighted by molar-refractivity contribution is -0.140. The number of ether oxygens (including phenoxy) is 2. The van der Waals surface area contributed by atoms with Gasteiger partial charge >= 0.3 is 0 Å². The number of hydrogen-bond acceptors (Lipinski definition) is 7. The minimum atomic E-state index is -1.68. The molecule has 0 unspecified atom stereocenters. The smallest absolute Gasteiger partial charge is 0.194 e. The first-order valence-electron chi connectivity index (χ1n) is 10.8. The molecule has 2 atom stereocenters. The van der Waals surface area contributed by atoms with Gasteiger partial charge in [-0.2, -0.15) is 5.10 Å². The fraction of sp³-hybridized carbons (Fsp3) is 0.391. The van der Waals surface area contributed by atoms with Crippen molar-refractivity contribution in [3.8, 4) is 11.5 Å². The largest absolute Gasteiger partial charge is 0.492 e. The highest BCUT2D eigenvalue weighted by atomic mass is 19.2. The van der Waals surface area contributed by atoms with E-state index in [-0.39, 0.29) is 18.7 Å². The van der Waals surface area contributed by atoms with Crippen molar-refractivity contribution in [1.29, 1.82) is 0 Å². The van der Waals surface area contributed by atoms with Crippen LogP contribution in [0.4, 0.5) is 13.2 Å². The summed E-state index contributed by atoms with van der Waals surface area (Å²) in [7, 11) is 0. The first-order chi connectivity index (χ1) is 16.3. The first-order valence-corrected chi connectivity index (χ1v) is 10.8. The molecule has 34 heavy (non-hydrogen) atoms. The Bertz CT molecular complexity index is 1080. The molecular weight excluding hydrogens is 453 g/mol. The van der Waals surface area contributed by atoms with E-state index in [1.807, 2.05) is 29.2 Å². The van der Waals surface area contributed by atoms with Crippen LogP contribution in [-0.4, -0.2) is 67.9 Å². The summed E-state index contributed by atoms with van der Waals surface area (Å²) >= 11 is 0. The minimum absolute atomic E-state index is 0.0672. The fourth-order valence-electron chi connectivity index (χ4n) is 3.84. The van der Waals surface area contributed by atoms with Crippen LogP contribution in [0.2, 0.25) is 0 Å². The molecule has 0 amide bonds. The molecule has 2 N–H and O–H groups in total. The van der Waals surface area contributed by atoms with Crippen LogP contribution in [0.1, 0.15) is 12.0 Å². The van der Waals surface area contributed by atoms with Crippen molar-refractivity contribution in [3.63, 3.8) is 0 Å². The van der Waals surface area contributed by atoms with Crippen LogP contribution in [0.5, 0.6) is 11.5 Å². The third-order valence-corrected chi connectivity index (χ3v) is 5.64. The molecule has 1 aliphatic heterocycles. The van der Waals surface area contributed by atoms with Crippen LogP contribution in [0.3, 0.4) is 0 Å². The Morgan fingerprint density at radius 3 is 2.62 bits per heavy atom. The first kappa shape index (κ1) is 24.0. The summed E-state index contributed by atoms with van der Waals surface area (Å²) in [5, 5.41) is 25.4. The van der Waals surface area contributed by atoms with Gasteiger partial charge in [0.2, 0.25) is 0 Å². The molecule has 1 fully saturated rings. The third kappa shape index (κ3) is 5.85. The monoisotopic (exact) mass is 478 g/mol. The zero-order chi connectivity index (χ0) is 24.1. The highest BCUT2D eigenvalue weighted by molar-refractivity contribution is 5.29. The van der Waals surface area contributed by atoms with E-state index < -0.39 is 35.8 Å². The van der Waals surface area contributed by atoms with Gasteiger partial charge in [0.15, 0.2) is 17.5 Å². The molecule has 0 aliphatic carbocycles. The van der Waals surface area contributed by atoms with E-state index in [9.17, 15) is 23.4 Å². The van der Waals surface area contributed by atoms with Gasteiger partial charge in [-0.25, -0.2) is 22.8 Å². The van der Waals surface area contributed by atoms with Crippen LogP contribution in [0, 0.1) is 17.5 Å². The molecule has 11 heteroatoms. The van der Waals surface area contributed by atoms with Crippen LogP contribution in [0.15, 0.2) is 49.1 Å². The molecule has 2 aromatic carbocycles.